The molecule has 1 aliphatic rings. The van der Waals surface area contributed by atoms with Gasteiger partial charge in [-0.3, -0.25) is 4.79 Å². The largest absolute Gasteiger partial charge is 0.389 e. The van der Waals surface area contributed by atoms with Gasteiger partial charge in [0.2, 0.25) is 0 Å². The van der Waals surface area contributed by atoms with Crippen molar-refractivity contribution in [1.82, 2.24) is 0 Å². The third kappa shape index (κ3) is 7.07. The van der Waals surface area contributed by atoms with E-state index in [-0.39, 0.29) is 18.3 Å². The lowest BCUT2D eigenvalue weighted by Crippen LogP contribution is -2.54. The highest BCUT2D eigenvalue weighted by atomic mass is 16.7. The Hall–Kier alpha value is -0.570. The standard InChI is InChI=1S/C20H39NO6/c1-12-17(24)13(21)8-16(26-12)27-15(19(5,6)7)9-20(25,14(23)10-22)11-18(2,3)4/h12-13,15-17,22,24-25H,8-11,21H2,1-7H3/t12?,13-,15?,16+,17-,20-/m1/s1. The molecule has 2 unspecified atom stereocenters. The van der Waals surface area contributed by atoms with E-state index in [2.05, 4.69) is 0 Å². The molecular formula is C20H39NO6. The summed E-state index contributed by atoms with van der Waals surface area (Å²) in [5.74, 6) is -0.611. The van der Waals surface area contributed by atoms with Crippen LogP contribution in [0.15, 0.2) is 0 Å². The fourth-order valence-electron chi connectivity index (χ4n) is 3.53. The summed E-state index contributed by atoms with van der Waals surface area (Å²) < 4.78 is 11.9. The Balaban J connectivity index is 3.03. The summed E-state index contributed by atoms with van der Waals surface area (Å²) in [6.45, 7) is 12.7. The number of rotatable bonds is 7. The molecule has 5 N–H and O–H groups in total. The lowest BCUT2D eigenvalue weighted by Gasteiger charge is -2.43. The maximum atomic E-state index is 12.4. The van der Waals surface area contributed by atoms with Gasteiger partial charge in [0, 0.05) is 18.9 Å². The Labute approximate surface area is 163 Å². The van der Waals surface area contributed by atoms with E-state index in [0.29, 0.717) is 6.42 Å². The van der Waals surface area contributed by atoms with Crippen molar-refractivity contribution in [2.24, 2.45) is 16.6 Å². The first-order chi connectivity index (χ1) is 12.1. The Kier molecular flexibility index (Phi) is 8.01. The number of hydrogen-bond acceptors (Lipinski definition) is 7. The molecule has 0 bridgehead atoms. The van der Waals surface area contributed by atoms with Gasteiger partial charge in [-0.15, -0.1) is 0 Å². The molecule has 0 aliphatic carbocycles. The zero-order chi connectivity index (χ0) is 21.2. The van der Waals surface area contributed by atoms with Gasteiger partial charge >= 0.3 is 0 Å². The molecule has 1 saturated heterocycles. The second-order valence-corrected chi connectivity index (χ2v) is 10.2. The van der Waals surface area contributed by atoms with E-state index in [1.807, 2.05) is 41.5 Å². The molecule has 7 nitrogen and oxygen atoms in total. The number of ketones is 1. The van der Waals surface area contributed by atoms with Crippen molar-refractivity contribution in [3.05, 3.63) is 0 Å². The average molecular weight is 390 g/mol. The maximum Gasteiger partial charge on any atom is 0.189 e. The van der Waals surface area contributed by atoms with Crippen LogP contribution in [0.5, 0.6) is 0 Å². The van der Waals surface area contributed by atoms with E-state index in [1.165, 1.54) is 0 Å². The molecule has 0 amide bonds. The van der Waals surface area contributed by atoms with Gasteiger partial charge in [-0.05, 0) is 24.2 Å². The summed E-state index contributed by atoms with van der Waals surface area (Å²) in [4.78, 5) is 12.4. The topological polar surface area (TPSA) is 122 Å². The number of ether oxygens (including phenoxy) is 2. The minimum Gasteiger partial charge on any atom is -0.389 e. The summed E-state index contributed by atoms with van der Waals surface area (Å²) in [5.41, 5.74) is 3.57. The van der Waals surface area contributed by atoms with Crippen LogP contribution in [0.3, 0.4) is 0 Å². The highest BCUT2D eigenvalue weighted by Gasteiger charge is 2.45. The molecule has 7 heteroatoms. The third-order valence-electron chi connectivity index (χ3n) is 5.04. The first-order valence-electron chi connectivity index (χ1n) is 9.70. The van der Waals surface area contributed by atoms with Crippen LogP contribution in [0.1, 0.15) is 67.7 Å². The van der Waals surface area contributed by atoms with Crippen molar-refractivity contribution in [3.8, 4) is 0 Å². The highest BCUT2D eigenvalue weighted by Crippen LogP contribution is 2.37. The van der Waals surface area contributed by atoms with Crippen molar-refractivity contribution >= 4 is 5.78 Å². The molecule has 160 valence electrons. The number of Topliss-reactive ketones (excluding diaryl/α,β-unsaturated/α-hetero) is 1. The predicted octanol–water partition coefficient (Wildman–Crippen LogP) is 1.36. The fourth-order valence-corrected chi connectivity index (χ4v) is 3.53. The normalized spacial score (nSPS) is 30.6. The molecule has 0 aromatic heterocycles. The maximum absolute atomic E-state index is 12.4. The first kappa shape index (κ1) is 24.5. The quantitative estimate of drug-likeness (QED) is 0.518. The van der Waals surface area contributed by atoms with Crippen LogP contribution in [0.2, 0.25) is 0 Å². The lowest BCUT2D eigenvalue weighted by molar-refractivity contribution is -0.257. The smallest absolute Gasteiger partial charge is 0.189 e. The second kappa shape index (κ2) is 8.84. The Morgan fingerprint density at radius 1 is 1.26 bits per heavy atom. The summed E-state index contributed by atoms with van der Waals surface area (Å²) in [7, 11) is 0. The number of nitrogens with two attached hydrogens (primary N) is 1. The van der Waals surface area contributed by atoms with Crippen LogP contribution in [-0.2, 0) is 14.3 Å². The fraction of sp³-hybridized carbons (Fsp3) is 0.950. The Morgan fingerprint density at radius 2 is 1.81 bits per heavy atom. The van der Waals surface area contributed by atoms with Crippen LogP contribution in [-0.4, -0.2) is 64.0 Å². The van der Waals surface area contributed by atoms with Crippen molar-refractivity contribution < 1.29 is 29.6 Å². The minimum absolute atomic E-state index is 0.0409. The summed E-state index contributed by atoms with van der Waals surface area (Å²) in [6.07, 6.45) is -1.80. The van der Waals surface area contributed by atoms with E-state index in [1.54, 1.807) is 6.92 Å². The van der Waals surface area contributed by atoms with Crippen LogP contribution in [0.25, 0.3) is 0 Å². The lowest BCUT2D eigenvalue weighted by atomic mass is 9.73. The molecule has 1 heterocycles. The molecule has 0 radical (unpaired) electrons. The first-order valence-corrected chi connectivity index (χ1v) is 9.70. The monoisotopic (exact) mass is 389 g/mol. The molecule has 0 spiro atoms. The van der Waals surface area contributed by atoms with Crippen LogP contribution >= 0.6 is 0 Å². The summed E-state index contributed by atoms with van der Waals surface area (Å²) >= 11 is 0. The number of hydrogen-bond donors (Lipinski definition) is 4. The van der Waals surface area contributed by atoms with E-state index < -0.39 is 54.0 Å². The predicted molar refractivity (Wildman–Crippen MR) is 103 cm³/mol. The highest BCUT2D eigenvalue weighted by molar-refractivity contribution is 5.88. The van der Waals surface area contributed by atoms with E-state index >= 15 is 0 Å². The SMILES string of the molecule is CC1O[C@@H](OC(C[C@@](O)(CC(C)(C)C)C(=O)CO)C(C)(C)C)C[C@@H](N)[C@@H]1O. The van der Waals surface area contributed by atoms with Crippen molar-refractivity contribution in [2.45, 2.75) is 104 Å². The number of carbonyl (C=O) groups excluding carboxylic acids is 1. The van der Waals surface area contributed by atoms with Crippen molar-refractivity contribution in [3.63, 3.8) is 0 Å². The van der Waals surface area contributed by atoms with Gasteiger partial charge in [-0.25, -0.2) is 0 Å². The molecular weight excluding hydrogens is 350 g/mol. The van der Waals surface area contributed by atoms with Gasteiger partial charge in [0.05, 0.1) is 18.3 Å². The number of aliphatic hydroxyl groups is 3. The molecule has 6 atom stereocenters. The van der Waals surface area contributed by atoms with Crippen LogP contribution < -0.4 is 5.73 Å². The van der Waals surface area contributed by atoms with Gasteiger partial charge < -0.3 is 30.5 Å². The molecule has 0 aromatic rings. The van der Waals surface area contributed by atoms with Gasteiger partial charge in [0.25, 0.3) is 0 Å². The molecule has 0 aromatic carbocycles. The molecule has 1 aliphatic heterocycles. The van der Waals surface area contributed by atoms with Crippen molar-refractivity contribution in [1.29, 1.82) is 0 Å². The van der Waals surface area contributed by atoms with E-state index in [0.717, 1.165) is 0 Å². The average Bonchev–Trinajstić information content (AvgIpc) is 2.48. The van der Waals surface area contributed by atoms with Gasteiger partial charge in [-0.1, -0.05) is 41.5 Å². The zero-order valence-electron chi connectivity index (χ0n) is 17.9. The molecule has 27 heavy (non-hydrogen) atoms. The second-order valence-electron chi connectivity index (χ2n) is 10.2. The third-order valence-corrected chi connectivity index (χ3v) is 5.04. The van der Waals surface area contributed by atoms with Crippen LogP contribution in [0.4, 0.5) is 0 Å². The van der Waals surface area contributed by atoms with E-state index in [9.17, 15) is 20.1 Å². The summed E-state index contributed by atoms with van der Waals surface area (Å²) in [6, 6.07) is -0.466. The van der Waals surface area contributed by atoms with Crippen molar-refractivity contribution in [2.75, 3.05) is 6.61 Å². The molecule has 0 saturated carbocycles. The summed E-state index contributed by atoms with van der Waals surface area (Å²) in [5, 5.41) is 30.5. The minimum atomic E-state index is -1.70. The Morgan fingerprint density at radius 3 is 2.22 bits per heavy atom. The zero-order valence-corrected chi connectivity index (χ0v) is 17.9. The van der Waals surface area contributed by atoms with Gasteiger partial charge in [0.1, 0.15) is 12.2 Å². The molecule has 1 rings (SSSR count). The molecule has 1 fully saturated rings. The van der Waals surface area contributed by atoms with Crippen LogP contribution in [0, 0.1) is 10.8 Å². The Bertz CT molecular complexity index is 486. The number of aliphatic hydroxyl groups excluding tert-OH is 2. The number of carbonyl (C=O) groups is 1. The van der Waals surface area contributed by atoms with Gasteiger partial charge in [-0.2, -0.15) is 0 Å². The van der Waals surface area contributed by atoms with Gasteiger partial charge in [0.15, 0.2) is 12.1 Å². The van der Waals surface area contributed by atoms with E-state index in [4.69, 9.17) is 15.2 Å².